The number of hydrogen-bond acceptors (Lipinski definition) is 5. The molecular formula is C16H23N5O. The topological polar surface area (TPSA) is 66.2 Å². The first-order valence-corrected chi connectivity index (χ1v) is 7.88. The first-order chi connectivity index (χ1) is 10.8. The van der Waals surface area contributed by atoms with E-state index >= 15 is 0 Å². The first-order valence-electron chi connectivity index (χ1n) is 7.88. The predicted molar refractivity (Wildman–Crippen MR) is 84.7 cm³/mol. The Kier molecular flexibility index (Phi) is 5.15. The van der Waals surface area contributed by atoms with Gasteiger partial charge in [-0.15, -0.1) is 0 Å². The maximum Gasteiger partial charge on any atom is 0.0969 e. The third kappa shape index (κ3) is 3.91. The summed E-state index contributed by atoms with van der Waals surface area (Å²) in [5.74, 6) is 0. The Hall–Kier alpha value is -1.76. The fourth-order valence-electron chi connectivity index (χ4n) is 2.88. The largest absolute Gasteiger partial charge is 0.395 e. The van der Waals surface area contributed by atoms with Crippen LogP contribution in [-0.4, -0.2) is 57.3 Å². The molecule has 0 spiro atoms. The molecule has 2 heterocycles. The van der Waals surface area contributed by atoms with Gasteiger partial charge in [-0.3, -0.25) is 4.90 Å². The van der Waals surface area contributed by atoms with Gasteiger partial charge in [-0.1, -0.05) is 18.2 Å². The SMILES string of the molecule is OCCN1CCCC(NCc2cnn(-c3ccccc3)n2)C1. The molecule has 1 aromatic carbocycles. The van der Waals surface area contributed by atoms with Gasteiger partial charge in [0.15, 0.2) is 0 Å². The number of para-hydroxylation sites is 1. The zero-order chi connectivity index (χ0) is 15.2. The van der Waals surface area contributed by atoms with E-state index in [0.29, 0.717) is 6.04 Å². The average molecular weight is 301 g/mol. The van der Waals surface area contributed by atoms with E-state index in [4.69, 9.17) is 5.11 Å². The summed E-state index contributed by atoms with van der Waals surface area (Å²) in [5.41, 5.74) is 1.92. The van der Waals surface area contributed by atoms with Crippen molar-refractivity contribution in [3.63, 3.8) is 0 Å². The van der Waals surface area contributed by atoms with Crippen LogP contribution < -0.4 is 5.32 Å². The van der Waals surface area contributed by atoms with Crippen molar-refractivity contribution in [1.82, 2.24) is 25.2 Å². The maximum absolute atomic E-state index is 9.04. The first kappa shape index (κ1) is 15.1. The molecule has 6 nitrogen and oxygen atoms in total. The zero-order valence-corrected chi connectivity index (χ0v) is 12.7. The number of β-amino-alcohol motifs (C(OH)–C–C–N with tert-alkyl or cyclic N) is 1. The Morgan fingerprint density at radius 3 is 2.95 bits per heavy atom. The van der Waals surface area contributed by atoms with E-state index in [9.17, 15) is 0 Å². The van der Waals surface area contributed by atoms with Crippen molar-refractivity contribution in [2.45, 2.75) is 25.4 Å². The number of piperidine rings is 1. The van der Waals surface area contributed by atoms with Crippen molar-refractivity contribution < 1.29 is 5.11 Å². The molecule has 0 aliphatic carbocycles. The number of aliphatic hydroxyl groups is 1. The number of aliphatic hydroxyl groups excluding tert-OH is 1. The number of aromatic nitrogens is 3. The lowest BCUT2D eigenvalue weighted by Gasteiger charge is -2.32. The molecule has 1 aromatic heterocycles. The lowest BCUT2D eigenvalue weighted by atomic mass is 10.1. The number of likely N-dealkylation sites (tertiary alicyclic amines) is 1. The monoisotopic (exact) mass is 301 g/mol. The summed E-state index contributed by atoms with van der Waals surface area (Å²) < 4.78 is 0. The quantitative estimate of drug-likeness (QED) is 0.827. The van der Waals surface area contributed by atoms with Gasteiger partial charge in [-0.05, 0) is 31.5 Å². The smallest absolute Gasteiger partial charge is 0.0969 e. The van der Waals surface area contributed by atoms with Gasteiger partial charge in [0.1, 0.15) is 0 Å². The van der Waals surface area contributed by atoms with Crippen LogP contribution in [0, 0.1) is 0 Å². The van der Waals surface area contributed by atoms with Crippen molar-refractivity contribution in [3.05, 3.63) is 42.2 Å². The molecule has 6 heteroatoms. The van der Waals surface area contributed by atoms with E-state index in [-0.39, 0.29) is 6.61 Å². The van der Waals surface area contributed by atoms with Gasteiger partial charge in [0.05, 0.1) is 24.2 Å². The summed E-state index contributed by atoms with van der Waals surface area (Å²) in [6.07, 6.45) is 4.16. The minimum Gasteiger partial charge on any atom is -0.395 e. The molecule has 118 valence electrons. The van der Waals surface area contributed by atoms with Crippen LogP contribution in [0.2, 0.25) is 0 Å². The van der Waals surface area contributed by atoms with Crippen LogP contribution in [0.15, 0.2) is 36.5 Å². The van der Waals surface area contributed by atoms with Crippen LogP contribution in [0.1, 0.15) is 18.5 Å². The molecule has 2 N–H and O–H groups in total. The second-order valence-electron chi connectivity index (χ2n) is 5.71. The third-order valence-corrected chi connectivity index (χ3v) is 4.02. The average Bonchev–Trinajstić information content (AvgIpc) is 3.04. The van der Waals surface area contributed by atoms with E-state index < -0.39 is 0 Å². The minimum atomic E-state index is 0.234. The summed E-state index contributed by atoms with van der Waals surface area (Å²) >= 11 is 0. The number of nitrogens with zero attached hydrogens (tertiary/aromatic N) is 4. The lowest BCUT2D eigenvalue weighted by molar-refractivity contribution is 0.151. The van der Waals surface area contributed by atoms with Gasteiger partial charge in [0.25, 0.3) is 0 Å². The molecule has 1 aliphatic rings. The molecule has 0 saturated carbocycles. The van der Waals surface area contributed by atoms with E-state index in [1.165, 1.54) is 12.8 Å². The van der Waals surface area contributed by atoms with Crippen LogP contribution >= 0.6 is 0 Å². The van der Waals surface area contributed by atoms with Crippen LogP contribution in [0.25, 0.3) is 5.69 Å². The highest BCUT2D eigenvalue weighted by atomic mass is 16.3. The van der Waals surface area contributed by atoms with E-state index in [0.717, 1.165) is 37.6 Å². The van der Waals surface area contributed by atoms with E-state index in [1.807, 2.05) is 36.5 Å². The maximum atomic E-state index is 9.04. The van der Waals surface area contributed by atoms with Gasteiger partial charge in [0.2, 0.25) is 0 Å². The standard InChI is InChI=1S/C16H23N5O/c22-10-9-20-8-4-5-14(13-20)17-11-15-12-18-21(19-15)16-6-2-1-3-7-16/h1-3,6-7,12,14,17,22H,4-5,8-11,13H2. The predicted octanol–water partition coefficient (Wildman–Crippen LogP) is 0.814. The highest BCUT2D eigenvalue weighted by molar-refractivity contribution is 5.28. The normalized spacial score (nSPS) is 19.4. The minimum absolute atomic E-state index is 0.234. The molecular weight excluding hydrogens is 278 g/mol. The van der Waals surface area contributed by atoms with Crippen LogP contribution in [0.3, 0.4) is 0 Å². The molecule has 1 fully saturated rings. The summed E-state index contributed by atoms with van der Waals surface area (Å²) in [6, 6.07) is 10.4. The molecule has 0 bridgehead atoms. The lowest BCUT2D eigenvalue weighted by Crippen LogP contribution is -2.46. The Morgan fingerprint density at radius 1 is 1.27 bits per heavy atom. The van der Waals surface area contributed by atoms with Crippen molar-refractivity contribution in [2.24, 2.45) is 0 Å². The molecule has 1 saturated heterocycles. The Morgan fingerprint density at radius 2 is 2.14 bits per heavy atom. The highest BCUT2D eigenvalue weighted by Gasteiger charge is 2.19. The zero-order valence-electron chi connectivity index (χ0n) is 12.7. The second-order valence-corrected chi connectivity index (χ2v) is 5.71. The van der Waals surface area contributed by atoms with Crippen LogP contribution in [0.4, 0.5) is 0 Å². The van der Waals surface area contributed by atoms with Gasteiger partial charge in [-0.25, -0.2) is 0 Å². The van der Waals surface area contributed by atoms with Crippen molar-refractivity contribution in [1.29, 1.82) is 0 Å². The Labute approximate surface area is 130 Å². The molecule has 0 amide bonds. The Balaban J connectivity index is 1.53. The van der Waals surface area contributed by atoms with Crippen LogP contribution in [-0.2, 0) is 6.54 Å². The molecule has 1 unspecified atom stereocenters. The van der Waals surface area contributed by atoms with E-state index in [2.05, 4.69) is 20.4 Å². The van der Waals surface area contributed by atoms with Crippen molar-refractivity contribution >= 4 is 0 Å². The molecule has 0 radical (unpaired) electrons. The van der Waals surface area contributed by atoms with Gasteiger partial charge in [-0.2, -0.15) is 15.0 Å². The highest BCUT2D eigenvalue weighted by Crippen LogP contribution is 2.10. The number of benzene rings is 1. The number of nitrogens with one attached hydrogen (secondary N) is 1. The summed E-state index contributed by atoms with van der Waals surface area (Å²) in [7, 11) is 0. The van der Waals surface area contributed by atoms with E-state index in [1.54, 1.807) is 4.80 Å². The molecule has 1 aliphatic heterocycles. The Bertz CT molecular complexity index is 569. The summed E-state index contributed by atoms with van der Waals surface area (Å²) in [4.78, 5) is 3.97. The van der Waals surface area contributed by atoms with Crippen molar-refractivity contribution in [3.8, 4) is 5.69 Å². The van der Waals surface area contributed by atoms with Gasteiger partial charge >= 0.3 is 0 Å². The summed E-state index contributed by atoms with van der Waals surface area (Å²) in [6.45, 7) is 3.81. The second kappa shape index (κ2) is 7.49. The number of hydrogen-bond donors (Lipinski definition) is 2. The number of rotatable bonds is 6. The van der Waals surface area contributed by atoms with Crippen molar-refractivity contribution in [2.75, 3.05) is 26.2 Å². The fraction of sp³-hybridized carbons (Fsp3) is 0.500. The third-order valence-electron chi connectivity index (χ3n) is 4.02. The fourth-order valence-corrected chi connectivity index (χ4v) is 2.88. The van der Waals surface area contributed by atoms with Gasteiger partial charge in [0, 0.05) is 25.7 Å². The molecule has 2 aromatic rings. The molecule has 1 atom stereocenters. The summed E-state index contributed by atoms with van der Waals surface area (Å²) in [5, 5.41) is 21.4. The van der Waals surface area contributed by atoms with Crippen LogP contribution in [0.5, 0.6) is 0 Å². The molecule has 3 rings (SSSR count). The molecule has 22 heavy (non-hydrogen) atoms. The van der Waals surface area contributed by atoms with Gasteiger partial charge < -0.3 is 10.4 Å².